The summed E-state index contributed by atoms with van der Waals surface area (Å²) in [4.78, 5) is 4.89. The normalized spacial score (nSPS) is 12.0. The Kier molecular flexibility index (Phi) is 6.01. The minimum absolute atomic E-state index is 0.125. The van der Waals surface area contributed by atoms with Crippen LogP contribution in [0.4, 0.5) is 0 Å². The Balaban J connectivity index is 1.43. The number of benzene rings is 6. The smallest absolute Gasteiger partial charge is 0.114 e. The second-order valence-corrected chi connectivity index (χ2v) is 11.9. The van der Waals surface area contributed by atoms with E-state index >= 15 is 0 Å². The van der Waals surface area contributed by atoms with Gasteiger partial charge in [0.2, 0.25) is 0 Å². The average molecular weight is 531 g/mol. The molecule has 0 aliphatic rings. The number of imidazole rings is 1. The van der Waals surface area contributed by atoms with Crippen LogP contribution in [0.5, 0.6) is 0 Å². The molecule has 2 heteroatoms. The van der Waals surface area contributed by atoms with Crippen molar-refractivity contribution in [1.29, 1.82) is 0 Å². The lowest BCUT2D eigenvalue weighted by Crippen LogP contribution is -2.10. The van der Waals surface area contributed by atoms with Crippen LogP contribution in [-0.2, 0) is 11.8 Å². The first-order valence-corrected chi connectivity index (χ1v) is 14.6. The summed E-state index contributed by atoms with van der Waals surface area (Å²) in [7, 11) is 0. The first-order chi connectivity index (χ1) is 19.9. The molecular formula is C39H34N2. The summed E-state index contributed by atoms with van der Waals surface area (Å²) < 4.78 is 2.29. The van der Waals surface area contributed by atoms with Crippen molar-refractivity contribution in [3.63, 3.8) is 0 Å². The van der Waals surface area contributed by atoms with E-state index in [-0.39, 0.29) is 5.41 Å². The highest BCUT2D eigenvalue weighted by Crippen LogP contribution is 2.44. The zero-order valence-corrected chi connectivity index (χ0v) is 24.1. The third-order valence-electron chi connectivity index (χ3n) is 8.33. The minimum atomic E-state index is 0.125. The monoisotopic (exact) mass is 530 g/mol. The molecule has 1 aromatic heterocycles. The molecule has 0 N–H and O–H groups in total. The van der Waals surface area contributed by atoms with Gasteiger partial charge in [-0.1, -0.05) is 125 Å². The van der Waals surface area contributed by atoms with Crippen molar-refractivity contribution in [3.8, 4) is 27.9 Å². The van der Waals surface area contributed by atoms with Gasteiger partial charge in [-0.25, -0.2) is 4.98 Å². The van der Waals surface area contributed by atoms with Crippen LogP contribution in [0.2, 0.25) is 0 Å². The average Bonchev–Trinajstić information content (AvgIpc) is 3.38. The summed E-state index contributed by atoms with van der Waals surface area (Å²) in [6.07, 6.45) is 0.879. The lowest BCUT2D eigenvalue weighted by Gasteiger charge is -2.21. The molecule has 0 saturated carbocycles. The van der Waals surface area contributed by atoms with Gasteiger partial charge in [0.25, 0.3) is 0 Å². The molecule has 0 amide bonds. The fourth-order valence-electron chi connectivity index (χ4n) is 6.27. The van der Waals surface area contributed by atoms with Gasteiger partial charge in [-0.05, 0) is 79.0 Å². The van der Waals surface area contributed by atoms with Crippen molar-refractivity contribution >= 4 is 32.6 Å². The molecule has 6 aromatic carbocycles. The maximum Gasteiger partial charge on any atom is 0.114 e. The molecule has 0 bridgehead atoms. The van der Waals surface area contributed by atoms with Crippen molar-refractivity contribution in [2.75, 3.05) is 0 Å². The van der Waals surface area contributed by atoms with Crippen LogP contribution in [0.15, 0.2) is 121 Å². The van der Waals surface area contributed by atoms with Crippen molar-refractivity contribution in [2.45, 2.75) is 39.5 Å². The second-order valence-electron chi connectivity index (χ2n) is 11.9. The highest BCUT2D eigenvalue weighted by Gasteiger charge is 2.18. The van der Waals surface area contributed by atoms with Crippen LogP contribution >= 0.6 is 0 Å². The zero-order chi connectivity index (χ0) is 28.1. The van der Waals surface area contributed by atoms with Gasteiger partial charge in [-0.2, -0.15) is 0 Å². The Labute approximate surface area is 241 Å². The fourth-order valence-corrected chi connectivity index (χ4v) is 6.27. The summed E-state index contributed by atoms with van der Waals surface area (Å²) in [5.41, 5.74) is 9.86. The molecule has 0 aliphatic heterocycles. The summed E-state index contributed by atoms with van der Waals surface area (Å²) in [6, 6.07) is 44.3. The maximum atomic E-state index is 4.89. The SMILES string of the molecule is CCc1nc2ccccc2n1-c1ccc(-c2c3ccccc3c(-c3ccc(C(C)(C)C)cc3)c3ccccc23)cc1. The Morgan fingerprint density at radius 1 is 0.561 bits per heavy atom. The van der Waals surface area contributed by atoms with E-state index in [2.05, 4.69) is 154 Å². The van der Waals surface area contributed by atoms with E-state index < -0.39 is 0 Å². The van der Waals surface area contributed by atoms with E-state index in [0.717, 1.165) is 29.0 Å². The van der Waals surface area contributed by atoms with Gasteiger partial charge in [-0.15, -0.1) is 0 Å². The molecule has 2 nitrogen and oxygen atoms in total. The molecule has 0 fully saturated rings. The van der Waals surface area contributed by atoms with Crippen LogP contribution in [0.25, 0.3) is 60.5 Å². The van der Waals surface area contributed by atoms with Gasteiger partial charge < -0.3 is 0 Å². The van der Waals surface area contributed by atoms with Crippen molar-refractivity contribution in [1.82, 2.24) is 9.55 Å². The van der Waals surface area contributed by atoms with E-state index in [1.54, 1.807) is 0 Å². The molecule has 7 rings (SSSR count). The standard InChI is InChI=1S/C39H34N2/c1-5-36-40-34-16-10-11-17-35(34)41(36)29-24-20-27(21-25-29)38-32-14-8-6-12-30(32)37(31-13-7-9-15-33(31)38)26-18-22-28(23-19-26)39(2,3)4/h6-25H,5H2,1-4H3. The van der Waals surface area contributed by atoms with Crippen LogP contribution in [-0.4, -0.2) is 9.55 Å². The Bertz CT molecular complexity index is 1980. The number of aryl methyl sites for hydroxylation is 1. The summed E-state index contributed by atoms with van der Waals surface area (Å²) in [6.45, 7) is 8.98. The number of nitrogens with zero attached hydrogens (tertiary/aromatic N) is 2. The number of rotatable bonds is 4. The highest BCUT2D eigenvalue weighted by atomic mass is 15.1. The van der Waals surface area contributed by atoms with Crippen LogP contribution in [0.3, 0.4) is 0 Å². The van der Waals surface area contributed by atoms with E-state index in [0.29, 0.717) is 0 Å². The van der Waals surface area contributed by atoms with Crippen molar-refractivity contribution < 1.29 is 0 Å². The van der Waals surface area contributed by atoms with E-state index in [4.69, 9.17) is 4.98 Å². The zero-order valence-electron chi connectivity index (χ0n) is 24.1. The molecule has 0 radical (unpaired) electrons. The van der Waals surface area contributed by atoms with E-state index in [9.17, 15) is 0 Å². The quantitative estimate of drug-likeness (QED) is 0.207. The van der Waals surface area contributed by atoms with Gasteiger partial charge in [0.05, 0.1) is 11.0 Å². The first kappa shape index (κ1) is 25.3. The van der Waals surface area contributed by atoms with Gasteiger partial charge in [0.15, 0.2) is 0 Å². The lowest BCUT2D eigenvalue weighted by molar-refractivity contribution is 0.590. The van der Waals surface area contributed by atoms with Crippen molar-refractivity contribution in [3.05, 3.63) is 133 Å². The number of fused-ring (bicyclic) bond motifs is 3. The topological polar surface area (TPSA) is 17.8 Å². The third-order valence-corrected chi connectivity index (χ3v) is 8.33. The highest BCUT2D eigenvalue weighted by molar-refractivity contribution is 6.21. The number of para-hydroxylation sites is 2. The van der Waals surface area contributed by atoms with Crippen LogP contribution < -0.4 is 0 Å². The number of aromatic nitrogens is 2. The molecular weight excluding hydrogens is 496 g/mol. The molecule has 7 aromatic rings. The largest absolute Gasteiger partial charge is 0.296 e. The van der Waals surface area contributed by atoms with Crippen LogP contribution in [0.1, 0.15) is 39.1 Å². The predicted octanol–water partition coefficient (Wildman–Crippen LogP) is 10.5. The van der Waals surface area contributed by atoms with E-state index in [1.807, 2.05) is 0 Å². The minimum Gasteiger partial charge on any atom is -0.296 e. The predicted molar refractivity (Wildman–Crippen MR) is 175 cm³/mol. The molecule has 0 unspecified atom stereocenters. The van der Waals surface area contributed by atoms with Crippen molar-refractivity contribution in [2.24, 2.45) is 0 Å². The van der Waals surface area contributed by atoms with Gasteiger partial charge in [0, 0.05) is 12.1 Å². The Morgan fingerprint density at radius 2 is 1.02 bits per heavy atom. The Hall–Kier alpha value is -4.69. The molecule has 0 spiro atoms. The molecule has 1 heterocycles. The fraction of sp³-hybridized carbons (Fsp3) is 0.154. The molecule has 0 aliphatic carbocycles. The van der Waals surface area contributed by atoms with Crippen LogP contribution in [0, 0.1) is 0 Å². The lowest BCUT2D eigenvalue weighted by atomic mass is 9.83. The summed E-state index contributed by atoms with van der Waals surface area (Å²) >= 11 is 0. The number of hydrogen-bond donors (Lipinski definition) is 0. The third kappa shape index (κ3) is 4.22. The first-order valence-electron chi connectivity index (χ1n) is 14.6. The van der Waals surface area contributed by atoms with Gasteiger partial charge >= 0.3 is 0 Å². The summed E-state index contributed by atoms with van der Waals surface area (Å²) in [5.74, 6) is 1.08. The maximum absolute atomic E-state index is 4.89. The molecule has 0 atom stereocenters. The summed E-state index contributed by atoms with van der Waals surface area (Å²) in [5, 5.41) is 5.11. The van der Waals surface area contributed by atoms with Gasteiger partial charge in [0.1, 0.15) is 5.82 Å². The van der Waals surface area contributed by atoms with E-state index in [1.165, 1.54) is 49.4 Å². The second kappa shape index (κ2) is 9.74. The molecule has 0 saturated heterocycles. The Morgan fingerprint density at radius 3 is 1.51 bits per heavy atom. The molecule has 200 valence electrons. The number of hydrogen-bond acceptors (Lipinski definition) is 1. The molecule has 41 heavy (non-hydrogen) atoms. The van der Waals surface area contributed by atoms with Gasteiger partial charge in [-0.3, -0.25) is 4.57 Å².